The number of hydrogen-bond acceptors (Lipinski definition) is 8. The third-order valence-corrected chi connectivity index (χ3v) is 4.92. The molecule has 0 aliphatic rings. The van der Waals surface area contributed by atoms with Gasteiger partial charge in [0.2, 0.25) is 17.7 Å². The van der Waals surface area contributed by atoms with E-state index >= 15 is 0 Å². The second-order valence-electron chi connectivity index (χ2n) is 7.35. The van der Waals surface area contributed by atoms with Gasteiger partial charge in [-0.05, 0) is 30.5 Å². The van der Waals surface area contributed by atoms with Crippen LogP contribution >= 0.6 is 12.6 Å². The molecule has 3 atom stereocenters. The van der Waals surface area contributed by atoms with Crippen molar-refractivity contribution in [2.75, 3.05) is 18.8 Å². The van der Waals surface area contributed by atoms with Crippen molar-refractivity contribution in [1.29, 1.82) is 0 Å². The fraction of sp³-hybridized carbons (Fsp3) is 0.450. The Morgan fingerprint density at radius 2 is 1.68 bits per heavy atom. The largest absolute Gasteiger partial charge is 0.508 e. The Bertz CT molecular complexity index is 877. The van der Waals surface area contributed by atoms with Crippen molar-refractivity contribution in [2.24, 2.45) is 22.2 Å². The highest BCUT2D eigenvalue weighted by molar-refractivity contribution is 7.80. The minimum Gasteiger partial charge on any atom is -0.508 e. The predicted molar refractivity (Wildman–Crippen MR) is 128 cm³/mol. The summed E-state index contributed by atoms with van der Waals surface area (Å²) >= 11 is 4.03. The van der Waals surface area contributed by atoms with Crippen molar-refractivity contribution in [3.8, 4) is 5.75 Å². The summed E-state index contributed by atoms with van der Waals surface area (Å²) in [7, 11) is 0. The summed E-state index contributed by atoms with van der Waals surface area (Å²) in [6, 6.07) is 2.58. The lowest BCUT2D eigenvalue weighted by Gasteiger charge is -2.20. The van der Waals surface area contributed by atoms with Crippen LogP contribution in [0, 0.1) is 0 Å². The van der Waals surface area contributed by atoms with Gasteiger partial charge in [-0.1, -0.05) is 12.1 Å². The summed E-state index contributed by atoms with van der Waals surface area (Å²) < 4.78 is 0. The van der Waals surface area contributed by atoms with E-state index in [9.17, 15) is 29.4 Å². The molecule has 0 heterocycles. The normalized spacial score (nSPS) is 13.1. The van der Waals surface area contributed by atoms with Crippen LogP contribution in [0.4, 0.5) is 0 Å². The molecule has 13 nitrogen and oxygen atoms in total. The molecule has 11 N–H and O–H groups in total. The van der Waals surface area contributed by atoms with Crippen molar-refractivity contribution >= 4 is 42.3 Å². The minimum atomic E-state index is -1.27. The molecule has 3 amide bonds. The molecule has 0 aliphatic carbocycles. The van der Waals surface area contributed by atoms with Crippen LogP contribution < -0.4 is 33.2 Å². The average Bonchev–Trinajstić information content (AvgIpc) is 2.79. The van der Waals surface area contributed by atoms with Gasteiger partial charge < -0.3 is 43.4 Å². The van der Waals surface area contributed by atoms with E-state index in [-0.39, 0.29) is 23.9 Å². The van der Waals surface area contributed by atoms with Gasteiger partial charge in [-0.3, -0.25) is 19.4 Å². The molecular weight excluding hydrogens is 466 g/mol. The SMILES string of the molecule is NC(N)=NCCCC(N)C(=O)NCC(=O)NC(CS)C(=O)NC(Cc1ccc(O)cc1)C(=O)O. The Morgan fingerprint density at radius 1 is 1.03 bits per heavy atom. The maximum absolute atomic E-state index is 12.5. The molecule has 0 aromatic heterocycles. The standard InChI is InChI=1S/C20H31N7O6S/c21-13(2-1-7-24-20(22)23)17(30)25-9-16(29)26-15(10-34)18(31)27-14(19(32)33)8-11-3-5-12(28)6-4-11/h3-6,13-15,28,34H,1-2,7-10,21H2,(H,25,30)(H,26,29)(H,27,31)(H,32,33)(H4,22,23,24). The lowest BCUT2D eigenvalue weighted by atomic mass is 10.1. The molecule has 0 spiro atoms. The fourth-order valence-electron chi connectivity index (χ4n) is 2.73. The number of aliphatic carboxylic acids is 1. The third-order valence-electron chi connectivity index (χ3n) is 4.55. The Morgan fingerprint density at radius 3 is 2.24 bits per heavy atom. The van der Waals surface area contributed by atoms with Crippen LogP contribution in [0.5, 0.6) is 5.75 Å². The van der Waals surface area contributed by atoms with E-state index in [0.29, 0.717) is 24.9 Å². The number of benzene rings is 1. The first kappa shape index (κ1) is 28.5. The molecule has 0 aliphatic heterocycles. The zero-order valence-electron chi connectivity index (χ0n) is 18.4. The predicted octanol–water partition coefficient (Wildman–Crippen LogP) is -2.58. The van der Waals surface area contributed by atoms with E-state index in [2.05, 4.69) is 33.6 Å². The van der Waals surface area contributed by atoms with Crippen molar-refractivity contribution in [3.63, 3.8) is 0 Å². The van der Waals surface area contributed by atoms with Crippen LogP contribution in [0.3, 0.4) is 0 Å². The quantitative estimate of drug-likeness (QED) is 0.0567. The molecular formula is C20H31N7O6S. The number of phenolic OH excluding ortho intramolecular Hbond substituents is 1. The molecule has 1 aromatic carbocycles. The van der Waals surface area contributed by atoms with Crippen LogP contribution in [0.1, 0.15) is 18.4 Å². The smallest absolute Gasteiger partial charge is 0.326 e. The Hall–Kier alpha value is -3.52. The number of rotatable bonds is 14. The first-order valence-electron chi connectivity index (χ1n) is 10.3. The van der Waals surface area contributed by atoms with E-state index in [1.54, 1.807) is 0 Å². The van der Waals surface area contributed by atoms with Gasteiger partial charge in [-0.15, -0.1) is 0 Å². The van der Waals surface area contributed by atoms with Gasteiger partial charge in [0.25, 0.3) is 0 Å². The maximum Gasteiger partial charge on any atom is 0.326 e. The molecule has 1 aromatic rings. The van der Waals surface area contributed by atoms with Crippen LogP contribution in [0.15, 0.2) is 29.3 Å². The summed E-state index contributed by atoms with van der Waals surface area (Å²) in [5, 5.41) is 25.9. The molecule has 0 saturated heterocycles. The summed E-state index contributed by atoms with van der Waals surface area (Å²) in [5.74, 6) is -3.42. The second-order valence-corrected chi connectivity index (χ2v) is 7.71. The van der Waals surface area contributed by atoms with Crippen LogP contribution in [-0.2, 0) is 25.6 Å². The minimum absolute atomic E-state index is 0.0245. The van der Waals surface area contributed by atoms with Gasteiger partial charge in [0.15, 0.2) is 5.96 Å². The summed E-state index contributed by atoms with van der Waals surface area (Å²) in [4.78, 5) is 52.0. The van der Waals surface area contributed by atoms with Gasteiger partial charge in [-0.25, -0.2) is 4.79 Å². The topological polar surface area (TPSA) is 235 Å². The molecule has 0 bridgehead atoms. The molecule has 3 unspecified atom stereocenters. The number of phenols is 1. The zero-order valence-corrected chi connectivity index (χ0v) is 19.3. The number of carbonyl (C=O) groups is 4. The highest BCUT2D eigenvalue weighted by Gasteiger charge is 2.26. The summed E-state index contributed by atoms with van der Waals surface area (Å²) in [6.45, 7) is -0.125. The molecule has 0 fully saturated rings. The number of aromatic hydroxyl groups is 1. The Labute approximate surface area is 201 Å². The number of nitrogens with zero attached hydrogens (tertiary/aromatic N) is 1. The van der Waals surface area contributed by atoms with Crippen LogP contribution in [-0.4, -0.2) is 76.8 Å². The molecule has 0 saturated carbocycles. The maximum atomic E-state index is 12.5. The number of aliphatic imine (C=N–C) groups is 1. The molecule has 188 valence electrons. The fourth-order valence-corrected chi connectivity index (χ4v) is 2.99. The van der Waals surface area contributed by atoms with Gasteiger partial charge in [0.05, 0.1) is 12.6 Å². The number of nitrogens with two attached hydrogens (primary N) is 3. The number of carboxylic acids is 1. The lowest BCUT2D eigenvalue weighted by molar-refractivity contribution is -0.142. The molecule has 14 heteroatoms. The molecule has 1 rings (SSSR count). The van der Waals surface area contributed by atoms with Crippen LogP contribution in [0.2, 0.25) is 0 Å². The first-order valence-corrected chi connectivity index (χ1v) is 11.0. The number of amides is 3. The van der Waals surface area contributed by atoms with E-state index in [0.717, 1.165) is 0 Å². The van der Waals surface area contributed by atoms with Gasteiger partial charge in [0.1, 0.15) is 17.8 Å². The highest BCUT2D eigenvalue weighted by atomic mass is 32.1. The second kappa shape index (κ2) is 14.6. The van der Waals surface area contributed by atoms with Crippen LogP contribution in [0.25, 0.3) is 0 Å². The van der Waals surface area contributed by atoms with E-state index < -0.39 is 48.4 Å². The zero-order chi connectivity index (χ0) is 25.7. The van der Waals surface area contributed by atoms with Crippen molar-refractivity contribution in [3.05, 3.63) is 29.8 Å². The number of nitrogens with one attached hydrogen (secondary N) is 3. The highest BCUT2D eigenvalue weighted by Crippen LogP contribution is 2.11. The van der Waals surface area contributed by atoms with Gasteiger partial charge in [-0.2, -0.15) is 12.6 Å². The lowest BCUT2D eigenvalue weighted by Crippen LogP contribution is -2.54. The van der Waals surface area contributed by atoms with E-state index in [1.165, 1.54) is 24.3 Å². The van der Waals surface area contributed by atoms with E-state index in [1.807, 2.05) is 0 Å². The van der Waals surface area contributed by atoms with Gasteiger partial charge in [0, 0.05) is 18.7 Å². The van der Waals surface area contributed by atoms with Crippen molar-refractivity contribution in [1.82, 2.24) is 16.0 Å². The number of hydrogen-bond donors (Lipinski definition) is 9. The molecule has 34 heavy (non-hydrogen) atoms. The number of carboxylic acid groups (broad SMARTS) is 1. The molecule has 0 radical (unpaired) electrons. The average molecular weight is 498 g/mol. The summed E-state index contributed by atoms with van der Waals surface area (Å²) in [6.07, 6.45) is 0.727. The van der Waals surface area contributed by atoms with Crippen molar-refractivity contribution < 1.29 is 29.4 Å². The van der Waals surface area contributed by atoms with Gasteiger partial charge >= 0.3 is 5.97 Å². The Kier molecular flexibility index (Phi) is 12.2. The summed E-state index contributed by atoms with van der Waals surface area (Å²) in [5.41, 5.74) is 16.7. The number of carbonyl (C=O) groups excluding carboxylic acids is 3. The first-order chi connectivity index (χ1) is 16.0. The number of guanidine groups is 1. The number of thiol groups is 1. The van der Waals surface area contributed by atoms with E-state index in [4.69, 9.17) is 17.2 Å². The third kappa shape index (κ3) is 10.9. The van der Waals surface area contributed by atoms with Crippen molar-refractivity contribution in [2.45, 2.75) is 37.4 Å². The monoisotopic (exact) mass is 497 g/mol. The Balaban J connectivity index is 2.53.